The molecule has 4 N–H and O–H groups in total. The van der Waals surface area contributed by atoms with E-state index in [9.17, 15) is 9.59 Å². The number of aromatic nitrogens is 2. The van der Waals surface area contributed by atoms with E-state index in [0.717, 1.165) is 11.1 Å². The molecule has 0 aliphatic rings. The molecule has 1 atom stereocenters. The van der Waals surface area contributed by atoms with Gasteiger partial charge in [-0.2, -0.15) is 5.10 Å². The highest BCUT2D eigenvalue weighted by Gasteiger charge is 2.35. The first kappa shape index (κ1) is 16.4. The summed E-state index contributed by atoms with van der Waals surface area (Å²) < 4.78 is 0. The highest BCUT2D eigenvalue weighted by atomic mass is 16.2. The molecular weight excluding hydrogens is 316 g/mol. The Kier molecular flexibility index (Phi) is 4.35. The summed E-state index contributed by atoms with van der Waals surface area (Å²) in [6.45, 7) is 1.60. The van der Waals surface area contributed by atoms with Crippen molar-refractivity contribution < 1.29 is 9.59 Å². The molecule has 0 fully saturated rings. The first-order chi connectivity index (χ1) is 12.0. The van der Waals surface area contributed by atoms with Crippen LogP contribution in [0.4, 0.5) is 0 Å². The number of carbonyl (C=O) groups is 2. The number of H-pyrrole nitrogens is 1. The summed E-state index contributed by atoms with van der Waals surface area (Å²) in [5.74, 6) is -0.994. The first-order valence-corrected chi connectivity index (χ1v) is 7.78. The number of primary amides is 1. The Morgan fingerprint density at radius 3 is 2.28 bits per heavy atom. The maximum absolute atomic E-state index is 12.6. The van der Waals surface area contributed by atoms with Gasteiger partial charge in [-0.1, -0.05) is 42.5 Å². The van der Waals surface area contributed by atoms with Crippen molar-refractivity contribution in [3.63, 3.8) is 0 Å². The third-order valence-electron chi connectivity index (χ3n) is 4.19. The standard InChI is InChI=1S/C19H18N4O2/c1-19(18(20)25,16-5-3-2-4-6-16)23-17(24)14-9-7-13(8-10-14)15-11-21-22-12-15/h2-12H,1H3,(H2,20,25)(H,21,22)(H,23,24). The van der Waals surface area contributed by atoms with Gasteiger partial charge in [0.15, 0.2) is 0 Å². The van der Waals surface area contributed by atoms with E-state index in [1.807, 2.05) is 18.2 Å². The van der Waals surface area contributed by atoms with Crippen molar-refractivity contribution in [2.75, 3.05) is 0 Å². The molecule has 2 aromatic carbocycles. The highest BCUT2D eigenvalue weighted by molar-refractivity contribution is 5.99. The van der Waals surface area contributed by atoms with E-state index < -0.39 is 11.4 Å². The molecule has 1 heterocycles. The fourth-order valence-corrected chi connectivity index (χ4v) is 2.57. The molecule has 2 amide bonds. The molecule has 126 valence electrons. The molecule has 3 rings (SSSR count). The monoisotopic (exact) mass is 334 g/mol. The maximum atomic E-state index is 12.6. The number of amides is 2. The number of carbonyl (C=O) groups excluding carboxylic acids is 2. The number of nitrogens with zero attached hydrogens (tertiary/aromatic N) is 1. The van der Waals surface area contributed by atoms with Crippen LogP contribution in [0.1, 0.15) is 22.8 Å². The lowest BCUT2D eigenvalue weighted by atomic mass is 9.90. The third-order valence-corrected chi connectivity index (χ3v) is 4.19. The van der Waals surface area contributed by atoms with E-state index in [2.05, 4.69) is 15.5 Å². The Morgan fingerprint density at radius 1 is 1.04 bits per heavy atom. The van der Waals surface area contributed by atoms with Gasteiger partial charge >= 0.3 is 0 Å². The van der Waals surface area contributed by atoms with Crippen LogP contribution in [0.2, 0.25) is 0 Å². The predicted molar refractivity (Wildman–Crippen MR) is 94.5 cm³/mol. The van der Waals surface area contributed by atoms with Crippen LogP contribution in [-0.4, -0.2) is 22.0 Å². The summed E-state index contributed by atoms with van der Waals surface area (Å²) in [6.07, 6.45) is 3.48. The van der Waals surface area contributed by atoms with Gasteiger partial charge in [0.25, 0.3) is 5.91 Å². The van der Waals surface area contributed by atoms with E-state index in [1.165, 1.54) is 0 Å². The summed E-state index contributed by atoms with van der Waals surface area (Å²) >= 11 is 0. The molecule has 1 aromatic heterocycles. The number of rotatable bonds is 5. The zero-order chi connectivity index (χ0) is 17.9. The molecule has 0 saturated carbocycles. The van der Waals surface area contributed by atoms with E-state index in [0.29, 0.717) is 11.1 Å². The van der Waals surface area contributed by atoms with Gasteiger partial charge in [0.1, 0.15) is 5.54 Å². The van der Waals surface area contributed by atoms with Crippen molar-refractivity contribution >= 4 is 11.8 Å². The molecule has 25 heavy (non-hydrogen) atoms. The zero-order valence-corrected chi connectivity index (χ0v) is 13.7. The molecule has 6 heteroatoms. The maximum Gasteiger partial charge on any atom is 0.252 e. The second-order valence-electron chi connectivity index (χ2n) is 5.87. The van der Waals surface area contributed by atoms with Crippen LogP contribution in [0.3, 0.4) is 0 Å². The normalized spacial score (nSPS) is 13.0. The average Bonchev–Trinajstić information content (AvgIpc) is 3.17. The topological polar surface area (TPSA) is 101 Å². The molecule has 0 radical (unpaired) electrons. The van der Waals surface area contributed by atoms with Crippen LogP contribution in [0.5, 0.6) is 0 Å². The Hall–Kier alpha value is -3.41. The third kappa shape index (κ3) is 3.28. The van der Waals surface area contributed by atoms with Crippen LogP contribution in [0.15, 0.2) is 67.0 Å². The Labute approximate surface area is 145 Å². The van der Waals surface area contributed by atoms with Crippen LogP contribution in [-0.2, 0) is 10.3 Å². The summed E-state index contributed by atoms with van der Waals surface area (Å²) in [5.41, 5.74) is 7.20. The van der Waals surface area contributed by atoms with Crippen molar-refractivity contribution in [3.05, 3.63) is 78.1 Å². The number of benzene rings is 2. The lowest BCUT2D eigenvalue weighted by Crippen LogP contribution is -2.52. The fraction of sp³-hybridized carbons (Fsp3) is 0.105. The van der Waals surface area contributed by atoms with Gasteiger partial charge in [-0.05, 0) is 30.2 Å². The summed E-state index contributed by atoms with van der Waals surface area (Å²) in [4.78, 5) is 24.6. The van der Waals surface area contributed by atoms with Crippen molar-refractivity contribution in [1.82, 2.24) is 15.5 Å². The molecule has 0 bridgehead atoms. The van der Waals surface area contributed by atoms with E-state index in [1.54, 1.807) is 55.7 Å². The van der Waals surface area contributed by atoms with Crippen molar-refractivity contribution in [1.29, 1.82) is 0 Å². The highest BCUT2D eigenvalue weighted by Crippen LogP contribution is 2.22. The van der Waals surface area contributed by atoms with Crippen molar-refractivity contribution in [2.24, 2.45) is 5.73 Å². The van der Waals surface area contributed by atoms with Crippen molar-refractivity contribution in [2.45, 2.75) is 12.5 Å². The van der Waals surface area contributed by atoms with E-state index in [4.69, 9.17) is 5.73 Å². The zero-order valence-electron chi connectivity index (χ0n) is 13.7. The first-order valence-electron chi connectivity index (χ1n) is 7.78. The van der Waals surface area contributed by atoms with Gasteiger partial charge in [-0.15, -0.1) is 0 Å². The van der Waals surface area contributed by atoms with Gasteiger partial charge in [0.05, 0.1) is 6.20 Å². The fourth-order valence-electron chi connectivity index (χ4n) is 2.57. The molecular formula is C19H18N4O2. The van der Waals surface area contributed by atoms with Gasteiger partial charge in [0, 0.05) is 17.3 Å². The number of nitrogens with two attached hydrogens (primary N) is 1. The van der Waals surface area contributed by atoms with Gasteiger partial charge in [-0.25, -0.2) is 0 Å². The summed E-state index contributed by atoms with van der Waals surface area (Å²) in [7, 11) is 0. The average molecular weight is 334 g/mol. The second kappa shape index (κ2) is 6.60. The largest absolute Gasteiger partial charge is 0.367 e. The second-order valence-corrected chi connectivity index (χ2v) is 5.87. The molecule has 0 spiro atoms. The van der Waals surface area contributed by atoms with E-state index in [-0.39, 0.29) is 5.91 Å². The van der Waals surface area contributed by atoms with E-state index >= 15 is 0 Å². The Balaban J connectivity index is 1.84. The van der Waals surface area contributed by atoms with Crippen molar-refractivity contribution in [3.8, 4) is 11.1 Å². The van der Waals surface area contributed by atoms with Gasteiger partial charge in [0.2, 0.25) is 5.91 Å². The lowest BCUT2D eigenvalue weighted by molar-refractivity contribution is -0.123. The van der Waals surface area contributed by atoms with Gasteiger partial charge in [-0.3, -0.25) is 14.7 Å². The molecule has 0 saturated heterocycles. The Bertz CT molecular complexity index is 874. The summed E-state index contributed by atoms with van der Waals surface area (Å²) in [6, 6.07) is 16.0. The predicted octanol–water partition coefficient (Wildman–Crippen LogP) is 2.21. The molecule has 0 aliphatic heterocycles. The number of hydrogen-bond donors (Lipinski definition) is 3. The minimum absolute atomic E-state index is 0.371. The quantitative estimate of drug-likeness (QED) is 0.667. The molecule has 1 unspecified atom stereocenters. The minimum Gasteiger partial charge on any atom is -0.367 e. The SMILES string of the molecule is CC(NC(=O)c1ccc(-c2cn[nH]c2)cc1)(C(N)=O)c1ccccc1. The number of nitrogens with one attached hydrogen (secondary N) is 2. The van der Waals surface area contributed by atoms with Crippen LogP contribution in [0.25, 0.3) is 11.1 Å². The number of hydrogen-bond acceptors (Lipinski definition) is 3. The molecule has 3 aromatic rings. The van der Waals surface area contributed by atoms with Crippen LogP contribution in [0, 0.1) is 0 Å². The minimum atomic E-state index is -1.29. The van der Waals surface area contributed by atoms with Crippen LogP contribution < -0.4 is 11.1 Å². The number of aromatic amines is 1. The molecule has 0 aliphatic carbocycles. The smallest absolute Gasteiger partial charge is 0.252 e. The van der Waals surface area contributed by atoms with Gasteiger partial charge < -0.3 is 11.1 Å². The summed E-state index contributed by atoms with van der Waals surface area (Å²) in [5, 5.41) is 9.40. The van der Waals surface area contributed by atoms with Crippen LogP contribution >= 0.6 is 0 Å². The lowest BCUT2D eigenvalue weighted by Gasteiger charge is -2.28. The Morgan fingerprint density at radius 2 is 1.72 bits per heavy atom. The molecule has 6 nitrogen and oxygen atoms in total.